The van der Waals surface area contributed by atoms with E-state index in [0.717, 1.165) is 80.6 Å². The van der Waals surface area contributed by atoms with Crippen LogP contribution in [0.15, 0.2) is 341 Å². The molecule has 16 rings (SSSR count). The first-order valence-electron chi connectivity index (χ1n) is 39.7. The van der Waals surface area contributed by atoms with Gasteiger partial charge in [-0.3, -0.25) is 0 Å². The molecular formula is C103H92N14. The first-order valence-corrected chi connectivity index (χ1v) is 39.7. The smallest absolute Gasteiger partial charge is 0.200 e. The second-order valence-corrected chi connectivity index (χ2v) is 29.0. The van der Waals surface area contributed by atoms with E-state index in [1.54, 1.807) is 0 Å². The molecule has 0 atom stereocenters. The van der Waals surface area contributed by atoms with Gasteiger partial charge >= 0.3 is 0 Å². The van der Waals surface area contributed by atoms with E-state index in [9.17, 15) is 0 Å². The van der Waals surface area contributed by atoms with E-state index in [0.29, 0.717) is 47.2 Å². The van der Waals surface area contributed by atoms with Crippen LogP contribution in [0.3, 0.4) is 0 Å². The number of rotatable bonds is 25. The molecule has 4 aromatic heterocycles. The third-order valence-corrected chi connectivity index (χ3v) is 20.8. The van der Waals surface area contributed by atoms with Gasteiger partial charge in [0.05, 0.1) is 84.7 Å². The maximum atomic E-state index is 9.01. The van der Waals surface area contributed by atoms with Crippen LogP contribution < -0.4 is 11.5 Å². The molecule has 0 aliphatic heterocycles. The number of aryl methyl sites for hydroxylation is 2. The Morgan fingerprint density at radius 3 is 0.906 bits per heavy atom. The zero-order chi connectivity index (χ0) is 80.9. The standard InChI is InChI=1S/C28H27N3.C27H25N3.2C24H20N4/c1-2-3-7-25-17-26(24-8-5-4-6-9-24)14-15-27(25)20-31-21-30-19-28(31)16-22-10-12-23(18-29)13-11-22;1-2-6-24-16-25(23-7-4-3-5-8-23)13-14-26(24)19-30-20-29-18-27(30)15-21-9-11-22(17-28)12-10-21;25-15-19-6-8-20(9-7-19)17-28-23(16-27-24(28)26)14-18-10-12-22(13-11-18)21-4-2-1-3-5-21;25-15-19-8-6-18(7-9-19)14-23-16-27-24(26)28(23)17-20-10-12-22(13-11-20)21-4-2-1-3-5-21/h4-6,8-15,17,19,21H,2-3,7,16,20H2,1H3;3-5,7-14,16,18,20H,2,6,15,19H2,1H3;2*1-13,16H,14,17H2,(H2,26,27). The van der Waals surface area contributed by atoms with E-state index >= 15 is 0 Å². The van der Waals surface area contributed by atoms with Crippen LogP contribution in [0, 0.1) is 45.3 Å². The van der Waals surface area contributed by atoms with Gasteiger partial charge in [-0.25, -0.2) is 19.9 Å². The number of nitrogens with zero attached hydrogens (tertiary/aromatic N) is 12. The van der Waals surface area contributed by atoms with Gasteiger partial charge in [0.25, 0.3) is 0 Å². The number of hydrogen-bond acceptors (Lipinski definition) is 10. The fourth-order valence-electron chi connectivity index (χ4n) is 14.3. The van der Waals surface area contributed by atoms with Crippen LogP contribution in [-0.4, -0.2) is 38.2 Å². The van der Waals surface area contributed by atoms with Gasteiger partial charge in [0.1, 0.15) is 0 Å². The number of unbranched alkanes of at least 4 members (excludes halogenated alkanes) is 1. The maximum absolute atomic E-state index is 9.01. The Balaban J connectivity index is 0.000000136. The molecule has 0 aliphatic carbocycles. The van der Waals surface area contributed by atoms with Crippen molar-refractivity contribution in [2.24, 2.45) is 0 Å². The molecule has 0 fully saturated rings. The highest BCUT2D eigenvalue weighted by Crippen LogP contribution is 2.30. The zero-order valence-electron chi connectivity index (χ0n) is 66.0. The van der Waals surface area contributed by atoms with E-state index in [2.05, 4.69) is 237 Å². The van der Waals surface area contributed by atoms with Crippen molar-refractivity contribution in [1.82, 2.24) is 38.2 Å². The SMILES string of the molecule is CCCCc1cc(-c2ccccc2)ccc1Cn1cncc1Cc1ccc(C#N)cc1.CCCc1cc(-c2ccccc2)ccc1Cn1cncc1Cc1ccc(C#N)cc1.N#Cc1ccc(Cc2cnc(N)n2Cc2ccc(-c3ccccc3)cc2)cc1.N#Cc1ccc(Cn2c(Cc3ccc(-c4ccccc4)cc3)cnc2N)cc1. The van der Waals surface area contributed by atoms with Crippen LogP contribution >= 0.6 is 0 Å². The molecule has 574 valence electrons. The number of benzene rings is 12. The molecule has 4 N–H and O–H groups in total. The molecule has 14 nitrogen and oxygen atoms in total. The number of imidazole rings is 4. The maximum Gasteiger partial charge on any atom is 0.200 e. The van der Waals surface area contributed by atoms with Gasteiger partial charge in [-0.1, -0.05) is 281 Å². The summed E-state index contributed by atoms with van der Waals surface area (Å²) < 4.78 is 8.53. The number of hydrogen-bond donors (Lipinski definition) is 2. The molecule has 0 saturated carbocycles. The van der Waals surface area contributed by atoms with Gasteiger partial charge in [0.15, 0.2) is 0 Å². The lowest BCUT2D eigenvalue weighted by atomic mass is 9.96. The molecule has 0 radical (unpaired) electrons. The van der Waals surface area contributed by atoms with Crippen LogP contribution in [-0.2, 0) is 64.7 Å². The minimum absolute atomic E-state index is 0.500. The average Bonchev–Trinajstić information content (AvgIpc) is 1.79. The monoisotopic (exact) mass is 1520 g/mol. The third-order valence-electron chi connectivity index (χ3n) is 20.8. The molecule has 16 aromatic rings. The van der Waals surface area contributed by atoms with Gasteiger partial charge in [0.2, 0.25) is 11.9 Å². The van der Waals surface area contributed by atoms with Crippen molar-refractivity contribution in [1.29, 1.82) is 21.0 Å². The Kier molecular flexibility index (Phi) is 27.7. The molecule has 0 saturated heterocycles. The fraction of sp³-hybridized carbons (Fsp3) is 0.146. The molecule has 0 amide bonds. The lowest BCUT2D eigenvalue weighted by Gasteiger charge is -2.15. The van der Waals surface area contributed by atoms with E-state index in [4.69, 9.17) is 32.5 Å². The van der Waals surface area contributed by atoms with E-state index < -0.39 is 0 Å². The summed E-state index contributed by atoms with van der Waals surface area (Å²) in [7, 11) is 0. The summed E-state index contributed by atoms with van der Waals surface area (Å²) in [4.78, 5) is 17.4. The Bertz CT molecular complexity index is 6020. The minimum atomic E-state index is 0.500. The molecule has 0 aliphatic rings. The second kappa shape index (κ2) is 40.5. The van der Waals surface area contributed by atoms with Crippen molar-refractivity contribution in [3.63, 3.8) is 0 Å². The molecular weight excluding hydrogens is 1430 g/mol. The first kappa shape index (κ1) is 80.1. The summed E-state index contributed by atoms with van der Waals surface area (Å²) in [6, 6.07) is 112. The summed E-state index contributed by atoms with van der Waals surface area (Å²) in [5.41, 5.74) is 41.7. The van der Waals surface area contributed by atoms with Crippen LogP contribution in [0.1, 0.15) is 134 Å². The fourth-order valence-corrected chi connectivity index (χ4v) is 14.3. The molecule has 4 heterocycles. The Morgan fingerprint density at radius 2 is 0.573 bits per heavy atom. The second-order valence-electron chi connectivity index (χ2n) is 29.0. The van der Waals surface area contributed by atoms with Crippen molar-refractivity contribution in [2.75, 3.05) is 11.5 Å². The summed E-state index contributed by atoms with van der Waals surface area (Å²) in [6.45, 7) is 7.41. The van der Waals surface area contributed by atoms with Gasteiger partial charge in [0, 0.05) is 73.9 Å². The van der Waals surface area contributed by atoms with E-state index in [1.165, 1.54) is 113 Å². The molecule has 117 heavy (non-hydrogen) atoms. The Labute approximate surface area is 686 Å². The quantitative estimate of drug-likeness (QED) is 0.0551. The van der Waals surface area contributed by atoms with Crippen LogP contribution in [0.5, 0.6) is 0 Å². The topological polar surface area (TPSA) is 218 Å². The van der Waals surface area contributed by atoms with Gasteiger partial charge in [-0.2, -0.15) is 21.0 Å². The summed E-state index contributed by atoms with van der Waals surface area (Å²) in [5, 5.41) is 35.9. The number of anilines is 2. The summed E-state index contributed by atoms with van der Waals surface area (Å²) in [5.74, 6) is 1.01. The summed E-state index contributed by atoms with van der Waals surface area (Å²) in [6.07, 6.45) is 20.1. The predicted octanol–water partition coefficient (Wildman–Crippen LogP) is 21.7. The van der Waals surface area contributed by atoms with E-state index in [1.807, 2.05) is 180 Å². The summed E-state index contributed by atoms with van der Waals surface area (Å²) >= 11 is 0. The average molecular weight is 1530 g/mol. The van der Waals surface area contributed by atoms with Crippen molar-refractivity contribution in [3.05, 3.63) is 441 Å². The first-order chi connectivity index (χ1) is 57.5. The van der Waals surface area contributed by atoms with Gasteiger partial charge in [-0.15, -0.1) is 0 Å². The van der Waals surface area contributed by atoms with Crippen molar-refractivity contribution in [2.45, 2.75) is 97.8 Å². The zero-order valence-corrected chi connectivity index (χ0v) is 66.0. The Hall–Kier alpha value is -15.0. The molecule has 0 spiro atoms. The van der Waals surface area contributed by atoms with Crippen LogP contribution in [0.25, 0.3) is 44.5 Å². The van der Waals surface area contributed by atoms with Crippen molar-refractivity contribution in [3.8, 4) is 68.8 Å². The van der Waals surface area contributed by atoms with Gasteiger partial charge in [-0.05, 0) is 168 Å². The molecule has 0 unspecified atom stereocenters. The lowest BCUT2D eigenvalue weighted by molar-refractivity contribution is 0.730. The van der Waals surface area contributed by atoms with Crippen molar-refractivity contribution < 1.29 is 0 Å². The highest BCUT2D eigenvalue weighted by atomic mass is 15.2. The normalized spacial score (nSPS) is 10.6. The van der Waals surface area contributed by atoms with Crippen molar-refractivity contribution >= 4 is 11.9 Å². The highest BCUT2D eigenvalue weighted by Gasteiger charge is 2.16. The predicted molar refractivity (Wildman–Crippen MR) is 470 cm³/mol. The van der Waals surface area contributed by atoms with Crippen LogP contribution in [0.4, 0.5) is 11.9 Å². The number of nitrogen functional groups attached to an aromatic ring is 2. The minimum Gasteiger partial charge on any atom is -0.369 e. The Morgan fingerprint density at radius 1 is 0.282 bits per heavy atom. The largest absolute Gasteiger partial charge is 0.369 e. The molecule has 0 bridgehead atoms. The van der Waals surface area contributed by atoms with E-state index in [-0.39, 0.29) is 0 Å². The number of aromatic nitrogens is 8. The van der Waals surface area contributed by atoms with Crippen LogP contribution in [0.2, 0.25) is 0 Å². The lowest BCUT2D eigenvalue weighted by Crippen LogP contribution is -2.08. The highest BCUT2D eigenvalue weighted by molar-refractivity contribution is 5.67. The third kappa shape index (κ3) is 22.0. The van der Waals surface area contributed by atoms with Gasteiger partial charge < -0.3 is 29.7 Å². The number of nitrogens with two attached hydrogens (primary N) is 2. The number of nitriles is 4. The molecule has 14 heteroatoms. The molecule has 12 aromatic carbocycles.